The summed E-state index contributed by atoms with van der Waals surface area (Å²) in [5.74, 6) is -0.176. The summed E-state index contributed by atoms with van der Waals surface area (Å²) in [7, 11) is 0. The molecule has 0 spiro atoms. The lowest BCUT2D eigenvalue weighted by Crippen LogP contribution is -2.58. The van der Waals surface area contributed by atoms with E-state index < -0.39 is 0 Å². The van der Waals surface area contributed by atoms with Crippen LogP contribution in [0.25, 0.3) is 27.5 Å². The molecule has 5 aromatic rings. The molecular weight excluding hydrogens is 364 g/mol. The van der Waals surface area contributed by atoms with E-state index in [1.165, 1.54) is 37.6 Å². The van der Waals surface area contributed by atoms with Gasteiger partial charge in [0.15, 0.2) is 0 Å². The number of benzene rings is 4. The van der Waals surface area contributed by atoms with Crippen LogP contribution in [0.2, 0.25) is 0 Å². The van der Waals surface area contributed by atoms with Gasteiger partial charge >= 0.3 is 0 Å². The maximum atomic E-state index is 14.7. The summed E-state index contributed by atoms with van der Waals surface area (Å²) >= 11 is 1.68. The number of para-hydroxylation sites is 2. The van der Waals surface area contributed by atoms with E-state index >= 15 is 0 Å². The molecule has 130 valence electrons. The molecule has 0 unspecified atom stereocenters. The number of hydrogen-bond donors (Lipinski definition) is 0. The number of rotatable bonds is 0. The van der Waals surface area contributed by atoms with E-state index in [2.05, 4.69) is 71.3 Å². The third-order valence-corrected chi connectivity index (χ3v) is 7.25. The molecule has 0 saturated heterocycles. The van der Waals surface area contributed by atoms with Gasteiger partial charge in [0.25, 0.3) is 0 Å². The lowest BCUT2D eigenvalue weighted by atomic mass is 9.35. The molecule has 4 heteroatoms. The van der Waals surface area contributed by atoms with Crippen molar-refractivity contribution in [3.8, 4) is 5.69 Å². The molecule has 0 atom stereocenters. The van der Waals surface area contributed by atoms with Crippen molar-refractivity contribution in [3.63, 3.8) is 0 Å². The Kier molecular flexibility index (Phi) is 2.73. The highest BCUT2D eigenvalue weighted by Gasteiger charge is 2.39. The van der Waals surface area contributed by atoms with Crippen LogP contribution in [0.15, 0.2) is 88.7 Å². The van der Waals surface area contributed by atoms with Crippen LogP contribution in [0, 0.1) is 5.82 Å². The van der Waals surface area contributed by atoms with Gasteiger partial charge in [0.1, 0.15) is 5.82 Å². The molecule has 0 N–H and O–H groups in total. The van der Waals surface area contributed by atoms with Gasteiger partial charge in [0.2, 0.25) is 6.71 Å². The number of halogens is 1. The quantitative estimate of drug-likeness (QED) is 0.359. The minimum absolute atomic E-state index is 0.142. The highest BCUT2D eigenvalue weighted by Crippen LogP contribution is 2.38. The van der Waals surface area contributed by atoms with E-state index in [-0.39, 0.29) is 12.5 Å². The summed E-state index contributed by atoms with van der Waals surface area (Å²) in [6.45, 7) is 0.142. The van der Waals surface area contributed by atoms with Gasteiger partial charge in [-0.25, -0.2) is 4.39 Å². The summed E-state index contributed by atoms with van der Waals surface area (Å²) in [4.78, 5) is 2.25. The Morgan fingerprint density at radius 2 is 1.54 bits per heavy atom. The Morgan fingerprint density at radius 3 is 2.50 bits per heavy atom. The van der Waals surface area contributed by atoms with Crippen LogP contribution in [-0.2, 0) is 0 Å². The van der Waals surface area contributed by atoms with Crippen LogP contribution in [0.4, 0.5) is 4.39 Å². The van der Waals surface area contributed by atoms with Crippen molar-refractivity contribution >= 4 is 56.7 Å². The fourth-order valence-corrected chi connectivity index (χ4v) is 6.27. The molecular formula is C24H13BFNS. The molecule has 1 aromatic heterocycles. The zero-order valence-electron chi connectivity index (χ0n) is 14.8. The standard InChI is InChI=1S/C24H13BFNS/c26-14-12-20-23-22(13-14)28-21-11-4-2-8-17(21)25(23)18-9-5-7-16-15-6-1-3-10-19(15)27(20)24(16)18/h1-13H. The van der Waals surface area contributed by atoms with Gasteiger partial charge < -0.3 is 4.57 Å². The zero-order chi connectivity index (χ0) is 18.4. The number of aromatic nitrogens is 1. The lowest BCUT2D eigenvalue weighted by Gasteiger charge is -2.33. The van der Waals surface area contributed by atoms with Gasteiger partial charge in [-0.15, -0.1) is 0 Å². The van der Waals surface area contributed by atoms with Crippen LogP contribution in [0.5, 0.6) is 0 Å². The maximum absolute atomic E-state index is 14.7. The molecule has 0 saturated carbocycles. The summed E-state index contributed by atoms with van der Waals surface area (Å²) < 4.78 is 17.0. The fourth-order valence-electron chi connectivity index (χ4n) is 5.08. The summed E-state index contributed by atoms with van der Waals surface area (Å²) in [5, 5.41) is 2.46. The monoisotopic (exact) mass is 377 g/mol. The van der Waals surface area contributed by atoms with E-state index in [0.717, 1.165) is 16.1 Å². The summed E-state index contributed by atoms with van der Waals surface area (Å²) in [6, 6.07) is 27.0. The largest absolute Gasteiger partial charge is 0.310 e. The maximum Gasteiger partial charge on any atom is 0.249 e. The van der Waals surface area contributed by atoms with Crippen molar-refractivity contribution in [2.45, 2.75) is 9.79 Å². The normalized spacial score (nSPS) is 13.7. The van der Waals surface area contributed by atoms with Gasteiger partial charge in [-0.1, -0.05) is 71.8 Å². The number of hydrogen-bond acceptors (Lipinski definition) is 1. The Hall–Kier alpha value is -2.98. The summed E-state index contributed by atoms with van der Waals surface area (Å²) in [6.07, 6.45) is 0. The second-order valence-corrected chi connectivity index (χ2v) is 8.59. The van der Waals surface area contributed by atoms with Crippen LogP contribution >= 0.6 is 11.8 Å². The first-order valence-electron chi connectivity index (χ1n) is 9.44. The van der Waals surface area contributed by atoms with E-state index in [4.69, 9.17) is 0 Å². The van der Waals surface area contributed by atoms with Crippen molar-refractivity contribution in [3.05, 3.63) is 84.7 Å². The predicted molar refractivity (Wildman–Crippen MR) is 116 cm³/mol. The van der Waals surface area contributed by atoms with Gasteiger partial charge in [-0.3, -0.25) is 0 Å². The lowest BCUT2D eigenvalue weighted by molar-refractivity contribution is 0.624. The second kappa shape index (κ2) is 5.09. The van der Waals surface area contributed by atoms with E-state index in [9.17, 15) is 4.39 Å². The van der Waals surface area contributed by atoms with Crippen molar-refractivity contribution in [1.82, 2.24) is 4.57 Å². The van der Waals surface area contributed by atoms with Gasteiger partial charge in [-0.2, -0.15) is 0 Å². The molecule has 3 heterocycles. The van der Waals surface area contributed by atoms with Crippen LogP contribution in [-0.4, -0.2) is 11.3 Å². The average Bonchev–Trinajstić information content (AvgIpc) is 3.06. The molecule has 7 rings (SSSR count). The highest BCUT2D eigenvalue weighted by atomic mass is 32.2. The number of fused-ring (bicyclic) bond motifs is 7. The van der Waals surface area contributed by atoms with Gasteiger partial charge in [0.05, 0.1) is 5.52 Å². The molecule has 0 bridgehead atoms. The van der Waals surface area contributed by atoms with E-state index in [1.807, 2.05) is 0 Å². The highest BCUT2D eigenvalue weighted by molar-refractivity contribution is 8.00. The smallest absolute Gasteiger partial charge is 0.249 e. The van der Waals surface area contributed by atoms with Crippen LogP contribution < -0.4 is 16.4 Å². The third kappa shape index (κ3) is 1.70. The van der Waals surface area contributed by atoms with Crippen molar-refractivity contribution in [1.29, 1.82) is 0 Å². The SMILES string of the molecule is Fc1cc2c3c(c1)-n1c4ccccc4c4cccc(c41)B3c1ccccc1S2. The molecule has 0 aliphatic carbocycles. The topological polar surface area (TPSA) is 4.93 Å². The van der Waals surface area contributed by atoms with Crippen molar-refractivity contribution in [2.24, 2.45) is 0 Å². The Morgan fingerprint density at radius 1 is 0.750 bits per heavy atom. The average molecular weight is 377 g/mol. The Bertz CT molecular complexity index is 1470. The predicted octanol–water partition coefficient (Wildman–Crippen LogP) is 4.22. The van der Waals surface area contributed by atoms with Gasteiger partial charge in [0, 0.05) is 31.8 Å². The third-order valence-electron chi connectivity index (χ3n) is 6.10. The molecule has 0 radical (unpaired) electrons. The first-order chi connectivity index (χ1) is 13.8. The van der Waals surface area contributed by atoms with Crippen LogP contribution in [0.1, 0.15) is 0 Å². The minimum Gasteiger partial charge on any atom is -0.310 e. The molecule has 1 nitrogen and oxygen atoms in total. The fraction of sp³-hybridized carbons (Fsp3) is 0. The molecule has 2 aliphatic rings. The minimum atomic E-state index is -0.176. The van der Waals surface area contributed by atoms with E-state index in [1.54, 1.807) is 23.9 Å². The molecule has 2 aliphatic heterocycles. The first kappa shape index (κ1) is 15.0. The molecule has 0 fully saturated rings. The van der Waals surface area contributed by atoms with Crippen LogP contribution in [0.3, 0.4) is 0 Å². The second-order valence-electron chi connectivity index (χ2n) is 7.51. The Labute approximate surface area is 165 Å². The van der Waals surface area contributed by atoms with Crippen molar-refractivity contribution in [2.75, 3.05) is 0 Å². The number of nitrogens with zero attached hydrogens (tertiary/aromatic N) is 1. The van der Waals surface area contributed by atoms with Crippen molar-refractivity contribution < 1.29 is 4.39 Å². The summed E-state index contributed by atoms with van der Waals surface area (Å²) in [5.41, 5.74) is 7.18. The zero-order valence-corrected chi connectivity index (χ0v) is 15.6. The molecule has 4 aromatic carbocycles. The Balaban J connectivity index is 1.76. The first-order valence-corrected chi connectivity index (χ1v) is 10.3. The molecule has 0 amide bonds. The molecule has 28 heavy (non-hydrogen) atoms. The van der Waals surface area contributed by atoms with E-state index in [0.29, 0.717) is 0 Å². The van der Waals surface area contributed by atoms with Gasteiger partial charge in [-0.05, 0) is 35.2 Å².